The van der Waals surface area contributed by atoms with E-state index < -0.39 is 0 Å². The number of fused-ring (bicyclic) bond motifs is 1. The van der Waals surface area contributed by atoms with Crippen LogP contribution in [0.25, 0.3) is 0 Å². The van der Waals surface area contributed by atoms with Crippen LogP contribution >= 0.6 is 0 Å². The van der Waals surface area contributed by atoms with Crippen molar-refractivity contribution >= 4 is 6.09 Å². The Balaban J connectivity index is 1.31. The predicted octanol–water partition coefficient (Wildman–Crippen LogP) is 6.65. The fourth-order valence-electron chi connectivity index (χ4n) is 4.63. The lowest BCUT2D eigenvalue weighted by atomic mass is 10.0. The van der Waals surface area contributed by atoms with Crippen LogP contribution in [0.5, 0.6) is 5.75 Å². The second kappa shape index (κ2) is 13.5. The molecule has 0 aromatic heterocycles. The summed E-state index contributed by atoms with van der Waals surface area (Å²) in [5.74, 6) is 0.814. The van der Waals surface area contributed by atoms with Gasteiger partial charge in [-0.25, -0.2) is 4.79 Å². The first-order valence-electron chi connectivity index (χ1n) is 12.6. The van der Waals surface area contributed by atoms with Gasteiger partial charge in [0.15, 0.2) is 6.10 Å². The van der Waals surface area contributed by atoms with Crippen molar-refractivity contribution in [3.63, 3.8) is 0 Å². The quantitative estimate of drug-likeness (QED) is 0.225. The van der Waals surface area contributed by atoms with Crippen LogP contribution in [0.2, 0.25) is 0 Å². The van der Waals surface area contributed by atoms with E-state index in [1.165, 1.54) is 57.8 Å². The van der Waals surface area contributed by atoms with Crippen LogP contribution < -0.4 is 4.74 Å². The van der Waals surface area contributed by atoms with Crippen LogP contribution in [0.4, 0.5) is 4.79 Å². The van der Waals surface area contributed by atoms with Gasteiger partial charge in [0.2, 0.25) is 0 Å². The monoisotopic (exact) mass is 443 g/mol. The van der Waals surface area contributed by atoms with Crippen molar-refractivity contribution in [3.05, 3.63) is 42.0 Å². The van der Waals surface area contributed by atoms with E-state index in [9.17, 15) is 4.79 Å². The lowest BCUT2D eigenvalue weighted by molar-refractivity contribution is 0.0309. The standard InChI is InChI=1S/C27H41NO4/c1-3-4-5-6-7-8-9-10-11-12-13-14-15-25-26-24(21-31-25)28(27(29)32-26)20-22-16-18-23(30-2)19-17-22/h13-14,16-19,24-26H,3-12,15,20-21H2,1-2H3/b14-13+/t24-,25-,26-/m0/s1. The molecule has 1 amide bonds. The van der Waals surface area contributed by atoms with E-state index in [1.807, 2.05) is 24.3 Å². The first-order chi connectivity index (χ1) is 15.7. The third kappa shape index (κ3) is 7.26. The highest BCUT2D eigenvalue weighted by atomic mass is 16.6. The Labute approximate surface area is 194 Å². The number of carbonyl (C=O) groups is 1. The molecular weight excluding hydrogens is 402 g/mol. The largest absolute Gasteiger partial charge is 0.497 e. The van der Waals surface area contributed by atoms with Crippen molar-refractivity contribution in [3.8, 4) is 5.75 Å². The topological polar surface area (TPSA) is 48.0 Å². The summed E-state index contributed by atoms with van der Waals surface area (Å²) in [7, 11) is 1.65. The zero-order valence-corrected chi connectivity index (χ0v) is 20.0. The van der Waals surface area contributed by atoms with Gasteiger partial charge in [-0.05, 0) is 37.0 Å². The van der Waals surface area contributed by atoms with Crippen molar-refractivity contribution in [2.45, 2.75) is 102 Å². The number of benzene rings is 1. The van der Waals surface area contributed by atoms with Crippen LogP contribution in [0.1, 0.15) is 83.1 Å². The molecule has 2 aliphatic rings. The summed E-state index contributed by atoms with van der Waals surface area (Å²) in [6.45, 7) is 3.35. The average Bonchev–Trinajstić information content (AvgIpc) is 3.34. The van der Waals surface area contributed by atoms with E-state index in [0.29, 0.717) is 13.2 Å². The van der Waals surface area contributed by atoms with Crippen LogP contribution in [0.15, 0.2) is 36.4 Å². The molecule has 1 aromatic carbocycles. The molecule has 0 bridgehead atoms. The molecule has 2 fully saturated rings. The van der Waals surface area contributed by atoms with Gasteiger partial charge in [0, 0.05) is 6.54 Å². The van der Waals surface area contributed by atoms with Gasteiger partial charge in [-0.2, -0.15) is 0 Å². The Kier molecular flexibility index (Phi) is 10.4. The van der Waals surface area contributed by atoms with E-state index in [1.54, 1.807) is 12.0 Å². The minimum absolute atomic E-state index is 0.000304. The van der Waals surface area contributed by atoms with Gasteiger partial charge in [0.25, 0.3) is 0 Å². The molecule has 0 N–H and O–H groups in total. The van der Waals surface area contributed by atoms with Crippen molar-refractivity contribution in [2.24, 2.45) is 0 Å². The van der Waals surface area contributed by atoms with Crippen molar-refractivity contribution in [1.29, 1.82) is 0 Å². The first kappa shape index (κ1) is 24.6. The highest BCUT2D eigenvalue weighted by Gasteiger charge is 2.50. The molecule has 2 aliphatic heterocycles. The minimum Gasteiger partial charge on any atom is -0.497 e. The highest BCUT2D eigenvalue weighted by Crippen LogP contribution is 2.32. The smallest absolute Gasteiger partial charge is 0.410 e. The van der Waals surface area contributed by atoms with Gasteiger partial charge in [-0.3, -0.25) is 4.90 Å². The number of ether oxygens (including phenoxy) is 3. The van der Waals surface area contributed by atoms with Crippen LogP contribution in [0.3, 0.4) is 0 Å². The fraction of sp³-hybridized carbons (Fsp3) is 0.667. The lowest BCUT2D eigenvalue weighted by Crippen LogP contribution is -2.36. The van der Waals surface area contributed by atoms with Gasteiger partial charge < -0.3 is 14.2 Å². The molecule has 2 saturated heterocycles. The predicted molar refractivity (Wildman–Crippen MR) is 128 cm³/mol. The Hall–Kier alpha value is -2.01. The Morgan fingerprint density at radius 2 is 1.69 bits per heavy atom. The highest BCUT2D eigenvalue weighted by molar-refractivity contribution is 5.71. The number of amides is 1. The summed E-state index contributed by atoms with van der Waals surface area (Å²) in [6.07, 6.45) is 18.2. The van der Waals surface area contributed by atoms with Crippen molar-refractivity contribution in [2.75, 3.05) is 13.7 Å². The van der Waals surface area contributed by atoms with E-state index in [0.717, 1.165) is 24.2 Å². The van der Waals surface area contributed by atoms with Crippen LogP contribution in [-0.4, -0.2) is 43.0 Å². The summed E-state index contributed by atoms with van der Waals surface area (Å²) >= 11 is 0. The van der Waals surface area contributed by atoms with Gasteiger partial charge in [-0.1, -0.05) is 82.6 Å². The van der Waals surface area contributed by atoms with E-state index in [4.69, 9.17) is 14.2 Å². The zero-order chi connectivity index (χ0) is 22.6. The van der Waals surface area contributed by atoms with Gasteiger partial charge in [0.05, 0.1) is 19.8 Å². The van der Waals surface area contributed by atoms with Gasteiger partial charge in [-0.15, -0.1) is 0 Å². The minimum atomic E-state index is -0.234. The molecule has 0 unspecified atom stereocenters. The number of hydrogen-bond donors (Lipinski definition) is 0. The number of allylic oxidation sites excluding steroid dienone is 1. The normalized spacial score (nSPS) is 22.5. The van der Waals surface area contributed by atoms with Crippen LogP contribution in [0, 0.1) is 0 Å². The average molecular weight is 444 g/mol. The Morgan fingerprint density at radius 1 is 1.00 bits per heavy atom. The first-order valence-corrected chi connectivity index (χ1v) is 12.6. The molecule has 0 radical (unpaired) electrons. The van der Waals surface area contributed by atoms with E-state index in [2.05, 4.69) is 19.1 Å². The Morgan fingerprint density at radius 3 is 2.38 bits per heavy atom. The van der Waals surface area contributed by atoms with Gasteiger partial charge in [0.1, 0.15) is 11.9 Å². The number of carbonyl (C=O) groups excluding carboxylic acids is 1. The second-order valence-electron chi connectivity index (χ2n) is 9.09. The molecule has 0 spiro atoms. The van der Waals surface area contributed by atoms with E-state index >= 15 is 0 Å². The molecule has 0 saturated carbocycles. The molecule has 2 heterocycles. The summed E-state index contributed by atoms with van der Waals surface area (Å²) in [6, 6.07) is 7.81. The van der Waals surface area contributed by atoms with Crippen molar-refractivity contribution in [1.82, 2.24) is 4.90 Å². The Bertz CT molecular complexity index is 702. The maximum absolute atomic E-state index is 12.4. The van der Waals surface area contributed by atoms with Crippen molar-refractivity contribution < 1.29 is 19.0 Å². The third-order valence-electron chi connectivity index (χ3n) is 6.62. The molecule has 178 valence electrons. The zero-order valence-electron chi connectivity index (χ0n) is 20.0. The molecule has 32 heavy (non-hydrogen) atoms. The number of methoxy groups -OCH3 is 1. The SMILES string of the molecule is CCCCCCCCCCC/C=C/C[C@@H]1OC[C@H]2[C@@H]1OC(=O)N2Cc1ccc(OC)cc1. The maximum atomic E-state index is 12.4. The van der Waals surface area contributed by atoms with Gasteiger partial charge >= 0.3 is 6.09 Å². The third-order valence-corrected chi connectivity index (χ3v) is 6.62. The molecule has 0 aliphatic carbocycles. The molecule has 3 rings (SSSR count). The summed E-state index contributed by atoms with van der Waals surface area (Å²) in [5, 5.41) is 0. The summed E-state index contributed by atoms with van der Waals surface area (Å²) in [4.78, 5) is 14.2. The number of rotatable bonds is 15. The lowest BCUT2D eigenvalue weighted by Gasteiger charge is -2.19. The number of nitrogens with zero attached hydrogens (tertiary/aromatic N) is 1. The number of hydrogen-bond acceptors (Lipinski definition) is 4. The maximum Gasteiger partial charge on any atom is 0.410 e. The molecule has 5 heteroatoms. The fourth-order valence-corrected chi connectivity index (χ4v) is 4.63. The van der Waals surface area contributed by atoms with E-state index in [-0.39, 0.29) is 24.3 Å². The molecule has 5 nitrogen and oxygen atoms in total. The summed E-state index contributed by atoms with van der Waals surface area (Å²) in [5.41, 5.74) is 1.06. The van der Waals surface area contributed by atoms with Crippen LogP contribution in [-0.2, 0) is 16.0 Å². The molecular formula is C27H41NO4. The summed E-state index contributed by atoms with van der Waals surface area (Å²) < 4.78 is 16.9. The molecule has 3 atom stereocenters. The second-order valence-corrected chi connectivity index (χ2v) is 9.09. The number of unbranched alkanes of at least 4 members (excludes halogenated alkanes) is 9. The molecule has 1 aromatic rings.